The van der Waals surface area contributed by atoms with Crippen molar-refractivity contribution >= 4 is 27.7 Å². The van der Waals surface area contributed by atoms with Crippen molar-refractivity contribution in [3.8, 4) is 0 Å². The maximum atomic E-state index is 11.8. The van der Waals surface area contributed by atoms with Gasteiger partial charge in [-0.3, -0.25) is 9.59 Å². The van der Waals surface area contributed by atoms with Gasteiger partial charge < -0.3 is 20.0 Å². The van der Waals surface area contributed by atoms with E-state index in [0.717, 1.165) is 25.9 Å². The van der Waals surface area contributed by atoms with E-state index < -0.39 is 5.91 Å². The summed E-state index contributed by atoms with van der Waals surface area (Å²) in [5, 5.41) is 5.47. The van der Waals surface area contributed by atoms with Crippen LogP contribution < -0.4 is 10.6 Å². The first-order chi connectivity index (χ1) is 9.54. The van der Waals surface area contributed by atoms with Gasteiger partial charge in [0.1, 0.15) is 0 Å². The number of likely N-dealkylation sites (tertiary alicyclic amines) is 1. The second-order valence-corrected chi connectivity index (χ2v) is 5.71. The highest BCUT2D eigenvalue weighted by molar-refractivity contribution is 9.10. The quantitative estimate of drug-likeness (QED) is 0.854. The second-order valence-electron chi connectivity index (χ2n) is 4.93. The molecule has 1 aliphatic heterocycles. The Morgan fingerprint density at radius 2 is 2.10 bits per heavy atom. The molecule has 2 heterocycles. The molecule has 0 radical (unpaired) electrons. The average molecular weight is 344 g/mol. The smallest absolute Gasteiger partial charge is 0.287 e. The molecule has 20 heavy (non-hydrogen) atoms. The second kappa shape index (κ2) is 6.90. The van der Waals surface area contributed by atoms with E-state index >= 15 is 0 Å². The van der Waals surface area contributed by atoms with Crippen LogP contribution in [0.2, 0.25) is 0 Å². The molecule has 1 aromatic rings. The van der Waals surface area contributed by atoms with E-state index in [4.69, 9.17) is 4.42 Å². The topological polar surface area (TPSA) is 74.6 Å². The van der Waals surface area contributed by atoms with Gasteiger partial charge >= 0.3 is 0 Å². The normalized spacial score (nSPS) is 16.9. The lowest BCUT2D eigenvalue weighted by atomic mass is 10.1. The number of nitrogens with zero attached hydrogens (tertiary/aromatic N) is 1. The molecule has 2 N–H and O–H groups in total. The lowest BCUT2D eigenvalue weighted by Gasteiger charge is -2.29. The third-order valence-electron chi connectivity index (χ3n) is 3.29. The predicted octanol–water partition coefficient (Wildman–Crippen LogP) is 0.982. The average Bonchev–Trinajstić information content (AvgIpc) is 2.85. The fraction of sp³-hybridized carbons (Fsp3) is 0.538. The highest BCUT2D eigenvalue weighted by Gasteiger charge is 2.19. The Morgan fingerprint density at radius 1 is 1.40 bits per heavy atom. The Morgan fingerprint density at radius 3 is 2.70 bits per heavy atom. The standard InChI is InChI=1S/C13H18BrN3O3/c1-17-6-4-9(5-7-17)16-12(18)8-15-13(19)10-2-3-11(14)20-10/h2-3,9H,4-8H2,1H3,(H,15,19)(H,16,18). The molecule has 1 fully saturated rings. The number of piperidine rings is 1. The van der Waals surface area contributed by atoms with Crippen molar-refractivity contribution < 1.29 is 14.0 Å². The van der Waals surface area contributed by atoms with Gasteiger partial charge in [0.25, 0.3) is 5.91 Å². The summed E-state index contributed by atoms with van der Waals surface area (Å²) in [7, 11) is 2.07. The zero-order chi connectivity index (χ0) is 14.5. The summed E-state index contributed by atoms with van der Waals surface area (Å²) in [5.41, 5.74) is 0. The van der Waals surface area contributed by atoms with Crippen LogP contribution in [-0.4, -0.2) is 49.4 Å². The number of halogens is 1. The molecule has 0 unspecified atom stereocenters. The molecular formula is C13H18BrN3O3. The third kappa shape index (κ3) is 4.35. The van der Waals surface area contributed by atoms with Gasteiger partial charge in [-0.05, 0) is 61.0 Å². The van der Waals surface area contributed by atoms with E-state index in [1.165, 1.54) is 0 Å². The molecule has 7 heteroatoms. The van der Waals surface area contributed by atoms with Gasteiger partial charge in [-0.2, -0.15) is 0 Å². The molecule has 2 amide bonds. The van der Waals surface area contributed by atoms with Crippen LogP contribution in [0.4, 0.5) is 0 Å². The van der Waals surface area contributed by atoms with E-state index in [1.807, 2.05) is 0 Å². The maximum Gasteiger partial charge on any atom is 0.287 e. The van der Waals surface area contributed by atoms with E-state index in [2.05, 4.69) is 38.5 Å². The van der Waals surface area contributed by atoms with Crippen molar-refractivity contribution in [3.05, 3.63) is 22.6 Å². The third-order valence-corrected chi connectivity index (χ3v) is 3.72. The number of hydrogen-bond acceptors (Lipinski definition) is 4. The molecule has 0 spiro atoms. The number of carbonyl (C=O) groups is 2. The summed E-state index contributed by atoms with van der Waals surface area (Å²) < 4.78 is 5.59. The van der Waals surface area contributed by atoms with E-state index in [-0.39, 0.29) is 24.3 Å². The highest BCUT2D eigenvalue weighted by Crippen LogP contribution is 2.13. The fourth-order valence-electron chi connectivity index (χ4n) is 2.12. The SMILES string of the molecule is CN1CCC(NC(=O)CNC(=O)c2ccc(Br)o2)CC1. The van der Waals surface area contributed by atoms with Crippen LogP contribution in [0, 0.1) is 0 Å². The van der Waals surface area contributed by atoms with Crippen molar-refractivity contribution in [2.75, 3.05) is 26.7 Å². The van der Waals surface area contributed by atoms with Crippen molar-refractivity contribution in [1.29, 1.82) is 0 Å². The Bertz CT molecular complexity index is 481. The number of nitrogens with one attached hydrogen (secondary N) is 2. The molecule has 0 aliphatic carbocycles. The number of carbonyl (C=O) groups excluding carboxylic acids is 2. The van der Waals surface area contributed by atoms with Crippen molar-refractivity contribution in [1.82, 2.24) is 15.5 Å². The first-order valence-corrected chi connectivity index (χ1v) is 7.35. The van der Waals surface area contributed by atoms with Crippen LogP contribution in [0.3, 0.4) is 0 Å². The number of hydrogen-bond donors (Lipinski definition) is 2. The Balaban J connectivity index is 1.71. The largest absolute Gasteiger partial charge is 0.444 e. The van der Waals surface area contributed by atoms with Gasteiger partial charge in [0.05, 0.1) is 6.54 Å². The van der Waals surface area contributed by atoms with Crippen LogP contribution >= 0.6 is 15.9 Å². The Hall–Kier alpha value is -1.34. The molecule has 0 saturated carbocycles. The molecule has 1 aliphatic rings. The summed E-state index contributed by atoms with van der Waals surface area (Å²) in [4.78, 5) is 25.7. The lowest BCUT2D eigenvalue weighted by molar-refractivity contribution is -0.121. The first-order valence-electron chi connectivity index (χ1n) is 6.56. The van der Waals surface area contributed by atoms with Crippen LogP contribution in [0.15, 0.2) is 21.2 Å². The molecule has 110 valence electrons. The van der Waals surface area contributed by atoms with Gasteiger partial charge in [0.15, 0.2) is 10.4 Å². The molecular weight excluding hydrogens is 326 g/mol. The molecule has 2 rings (SSSR count). The minimum absolute atomic E-state index is 0.0382. The molecule has 0 atom stereocenters. The van der Waals surface area contributed by atoms with Crippen LogP contribution in [0.1, 0.15) is 23.4 Å². The van der Waals surface area contributed by atoms with Crippen molar-refractivity contribution in [3.63, 3.8) is 0 Å². The van der Waals surface area contributed by atoms with Gasteiger partial charge in [-0.15, -0.1) is 0 Å². The summed E-state index contributed by atoms with van der Waals surface area (Å²) in [6.45, 7) is 1.93. The lowest BCUT2D eigenvalue weighted by Crippen LogP contribution is -2.46. The first kappa shape index (κ1) is 15.1. The summed E-state index contributed by atoms with van der Waals surface area (Å²) in [5.74, 6) is -0.378. The maximum absolute atomic E-state index is 11.8. The molecule has 1 aromatic heterocycles. The summed E-state index contributed by atoms with van der Waals surface area (Å²) >= 11 is 3.12. The van der Waals surface area contributed by atoms with E-state index in [9.17, 15) is 9.59 Å². The number of rotatable bonds is 4. The minimum atomic E-state index is -0.394. The predicted molar refractivity (Wildman–Crippen MR) is 77.4 cm³/mol. The van der Waals surface area contributed by atoms with Crippen molar-refractivity contribution in [2.24, 2.45) is 0 Å². The fourth-order valence-corrected chi connectivity index (χ4v) is 2.42. The van der Waals surface area contributed by atoms with E-state index in [0.29, 0.717) is 4.67 Å². The zero-order valence-corrected chi connectivity index (χ0v) is 12.9. The minimum Gasteiger partial charge on any atom is -0.444 e. The molecule has 1 saturated heterocycles. The van der Waals surface area contributed by atoms with Gasteiger partial charge in [-0.25, -0.2) is 0 Å². The number of amides is 2. The molecule has 6 nitrogen and oxygen atoms in total. The van der Waals surface area contributed by atoms with Crippen LogP contribution in [-0.2, 0) is 4.79 Å². The Kier molecular flexibility index (Phi) is 5.19. The highest BCUT2D eigenvalue weighted by atomic mass is 79.9. The van der Waals surface area contributed by atoms with Gasteiger partial charge in [-0.1, -0.05) is 0 Å². The summed E-state index contributed by atoms with van der Waals surface area (Å²) in [6.07, 6.45) is 1.89. The van der Waals surface area contributed by atoms with Crippen LogP contribution in [0.25, 0.3) is 0 Å². The summed E-state index contributed by atoms with van der Waals surface area (Å²) in [6, 6.07) is 3.38. The molecule has 0 aromatic carbocycles. The van der Waals surface area contributed by atoms with E-state index in [1.54, 1.807) is 12.1 Å². The number of furan rings is 1. The molecule has 0 bridgehead atoms. The van der Waals surface area contributed by atoms with Crippen molar-refractivity contribution in [2.45, 2.75) is 18.9 Å². The van der Waals surface area contributed by atoms with Crippen LogP contribution in [0.5, 0.6) is 0 Å². The van der Waals surface area contributed by atoms with Gasteiger partial charge in [0.2, 0.25) is 5.91 Å². The van der Waals surface area contributed by atoms with Gasteiger partial charge in [0, 0.05) is 6.04 Å². The zero-order valence-electron chi connectivity index (χ0n) is 11.3. The Labute approximate surface area is 126 Å². The monoisotopic (exact) mass is 343 g/mol.